The van der Waals surface area contributed by atoms with Gasteiger partial charge in [0.05, 0.1) is 0 Å². The standard InChI is InChI=1S/C15H20ClN/c1-3-5-9-15(17-10-4-2)12-13-7-6-8-14(16)11-13/h1,6-8,11,15,17H,4-5,9-10,12H2,2H3. The number of hydrogen-bond donors (Lipinski definition) is 1. The van der Waals surface area contributed by atoms with Crippen molar-refractivity contribution in [3.8, 4) is 12.3 Å². The predicted octanol–water partition coefficient (Wildman–Crippen LogP) is 3.66. The highest BCUT2D eigenvalue weighted by molar-refractivity contribution is 6.30. The summed E-state index contributed by atoms with van der Waals surface area (Å²) in [4.78, 5) is 0. The van der Waals surface area contributed by atoms with Gasteiger partial charge in [0.1, 0.15) is 0 Å². The first-order valence-corrected chi connectivity index (χ1v) is 6.55. The summed E-state index contributed by atoms with van der Waals surface area (Å²) < 4.78 is 0. The van der Waals surface area contributed by atoms with Crippen LogP contribution in [-0.4, -0.2) is 12.6 Å². The van der Waals surface area contributed by atoms with Crippen LogP contribution < -0.4 is 5.32 Å². The van der Waals surface area contributed by atoms with E-state index in [2.05, 4.69) is 24.2 Å². The molecule has 92 valence electrons. The van der Waals surface area contributed by atoms with Crippen molar-refractivity contribution >= 4 is 11.6 Å². The van der Waals surface area contributed by atoms with E-state index in [1.165, 1.54) is 5.56 Å². The molecule has 0 aliphatic heterocycles. The molecule has 0 aliphatic rings. The topological polar surface area (TPSA) is 12.0 Å². The van der Waals surface area contributed by atoms with Gasteiger partial charge in [-0.1, -0.05) is 30.7 Å². The van der Waals surface area contributed by atoms with Gasteiger partial charge < -0.3 is 5.32 Å². The summed E-state index contributed by atoms with van der Waals surface area (Å²) in [6.07, 6.45) is 9.29. The average Bonchev–Trinajstić information content (AvgIpc) is 2.32. The summed E-state index contributed by atoms with van der Waals surface area (Å²) in [7, 11) is 0. The second kappa shape index (κ2) is 8.17. The van der Waals surface area contributed by atoms with Crippen molar-refractivity contribution in [2.45, 2.75) is 38.6 Å². The van der Waals surface area contributed by atoms with Crippen molar-refractivity contribution in [3.05, 3.63) is 34.9 Å². The molecule has 1 atom stereocenters. The van der Waals surface area contributed by atoms with Crippen molar-refractivity contribution in [1.82, 2.24) is 5.32 Å². The zero-order valence-electron chi connectivity index (χ0n) is 10.4. The number of hydrogen-bond acceptors (Lipinski definition) is 1. The Bertz CT molecular complexity index is 367. The maximum atomic E-state index is 5.98. The van der Waals surface area contributed by atoms with Gasteiger partial charge in [-0.15, -0.1) is 12.3 Å². The summed E-state index contributed by atoms with van der Waals surface area (Å²) in [6, 6.07) is 8.49. The van der Waals surface area contributed by atoms with E-state index in [-0.39, 0.29) is 0 Å². The fraction of sp³-hybridized carbons (Fsp3) is 0.467. The highest BCUT2D eigenvalue weighted by atomic mass is 35.5. The van der Waals surface area contributed by atoms with Crippen LogP contribution in [0.1, 0.15) is 31.7 Å². The van der Waals surface area contributed by atoms with Gasteiger partial charge in [0, 0.05) is 17.5 Å². The molecule has 1 aromatic carbocycles. The molecule has 0 saturated heterocycles. The van der Waals surface area contributed by atoms with Gasteiger partial charge in [-0.2, -0.15) is 0 Å². The van der Waals surface area contributed by atoms with E-state index in [4.69, 9.17) is 18.0 Å². The van der Waals surface area contributed by atoms with Crippen LogP contribution in [0, 0.1) is 12.3 Å². The van der Waals surface area contributed by atoms with E-state index in [9.17, 15) is 0 Å². The largest absolute Gasteiger partial charge is 0.314 e. The molecular weight excluding hydrogens is 230 g/mol. The summed E-state index contributed by atoms with van der Waals surface area (Å²) in [5.41, 5.74) is 1.27. The molecule has 0 fully saturated rings. The smallest absolute Gasteiger partial charge is 0.0408 e. The highest BCUT2D eigenvalue weighted by Gasteiger charge is 2.08. The van der Waals surface area contributed by atoms with Crippen molar-refractivity contribution in [2.75, 3.05) is 6.54 Å². The van der Waals surface area contributed by atoms with Crippen molar-refractivity contribution in [2.24, 2.45) is 0 Å². The monoisotopic (exact) mass is 249 g/mol. The van der Waals surface area contributed by atoms with Gasteiger partial charge in [0.15, 0.2) is 0 Å². The fourth-order valence-corrected chi connectivity index (χ4v) is 2.04. The zero-order valence-corrected chi connectivity index (χ0v) is 11.1. The van der Waals surface area contributed by atoms with Gasteiger partial charge in [0.2, 0.25) is 0 Å². The minimum atomic E-state index is 0.449. The van der Waals surface area contributed by atoms with Crippen molar-refractivity contribution in [1.29, 1.82) is 0 Å². The maximum absolute atomic E-state index is 5.98. The van der Waals surface area contributed by atoms with Crippen molar-refractivity contribution in [3.63, 3.8) is 0 Å². The van der Waals surface area contributed by atoms with Crippen LogP contribution in [0.2, 0.25) is 5.02 Å². The quantitative estimate of drug-likeness (QED) is 0.728. The molecule has 1 rings (SSSR count). The lowest BCUT2D eigenvalue weighted by Gasteiger charge is -2.17. The lowest BCUT2D eigenvalue weighted by molar-refractivity contribution is 0.483. The molecule has 0 heterocycles. The number of terminal acetylenes is 1. The Morgan fingerprint density at radius 1 is 1.47 bits per heavy atom. The highest BCUT2D eigenvalue weighted by Crippen LogP contribution is 2.13. The molecular formula is C15H20ClN. The molecule has 2 heteroatoms. The second-order valence-electron chi connectivity index (χ2n) is 4.23. The van der Waals surface area contributed by atoms with E-state index >= 15 is 0 Å². The first-order valence-electron chi connectivity index (χ1n) is 6.17. The van der Waals surface area contributed by atoms with Crippen LogP contribution in [0.4, 0.5) is 0 Å². The Kier molecular flexibility index (Phi) is 6.77. The number of nitrogens with one attached hydrogen (secondary N) is 1. The molecule has 0 amide bonds. The third-order valence-electron chi connectivity index (χ3n) is 2.69. The van der Waals surface area contributed by atoms with Crippen LogP contribution in [0.25, 0.3) is 0 Å². The maximum Gasteiger partial charge on any atom is 0.0408 e. The fourth-order valence-electron chi connectivity index (χ4n) is 1.83. The van der Waals surface area contributed by atoms with E-state index in [0.717, 1.165) is 37.3 Å². The number of benzene rings is 1. The minimum Gasteiger partial charge on any atom is -0.314 e. The zero-order chi connectivity index (χ0) is 12.5. The Morgan fingerprint density at radius 2 is 2.29 bits per heavy atom. The Labute approximate surface area is 110 Å². The van der Waals surface area contributed by atoms with Crippen LogP contribution in [0.5, 0.6) is 0 Å². The molecule has 0 saturated carbocycles. The third kappa shape index (κ3) is 5.77. The van der Waals surface area contributed by atoms with E-state index in [0.29, 0.717) is 6.04 Å². The normalized spacial score (nSPS) is 12.1. The van der Waals surface area contributed by atoms with E-state index in [1.807, 2.05) is 18.2 Å². The summed E-state index contributed by atoms with van der Waals surface area (Å²) in [5, 5.41) is 4.33. The predicted molar refractivity (Wildman–Crippen MR) is 75.3 cm³/mol. The molecule has 1 unspecified atom stereocenters. The molecule has 1 aromatic rings. The Balaban J connectivity index is 2.55. The summed E-state index contributed by atoms with van der Waals surface area (Å²) in [5.74, 6) is 2.71. The average molecular weight is 250 g/mol. The first kappa shape index (κ1) is 14.1. The Hall–Kier alpha value is -0.970. The summed E-state index contributed by atoms with van der Waals surface area (Å²) >= 11 is 5.98. The van der Waals surface area contributed by atoms with Gasteiger partial charge in [0.25, 0.3) is 0 Å². The SMILES string of the molecule is C#CCCC(Cc1cccc(Cl)c1)NCCC. The van der Waals surface area contributed by atoms with Crippen LogP contribution in [0.3, 0.4) is 0 Å². The van der Waals surface area contributed by atoms with Gasteiger partial charge in [-0.05, 0) is 43.5 Å². The third-order valence-corrected chi connectivity index (χ3v) is 2.93. The summed E-state index contributed by atoms with van der Waals surface area (Å²) in [6.45, 7) is 3.21. The molecule has 0 aromatic heterocycles. The van der Waals surface area contributed by atoms with Crippen LogP contribution in [0.15, 0.2) is 24.3 Å². The molecule has 0 bridgehead atoms. The second-order valence-corrected chi connectivity index (χ2v) is 4.66. The number of rotatable bonds is 7. The number of halogens is 1. The molecule has 0 aliphatic carbocycles. The molecule has 17 heavy (non-hydrogen) atoms. The molecule has 0 radical (unpaired) electrons. The lowest BCUT2D eigenvalue weighted by Crippen LogP contribution is -2.31. The van der Waals surface area contributed by atoms with Gasteiger partial charge in [-0.25, -0.2) is 0 Å². The minimum absolute atomic E-state index is 0.449. The van der Waals surface area contributed by atoms with Crippen molar-refractivity contribution < 1.29 is 0 Å². The molecule has 0 spiro atoms. The molecule has 1 N–H and O–H groups in total. The first-order chi connectivity index (χ1) is 8.26. The van der Waals surface area contributed by atoms with Gasteiger partial charge in [-0.3, -0.25) is 0 Å². The van der Waals surface area contributed by atoms with Crippen LogP contribution >= 0.6 is 11.6 Å². The molecule has 1 nitrogen and oxygen atoms in total. The van der Waals surface area contributed by atoms with Crippen LogP contribution in [-0.2, 0) is 6.42 Å². The van der Waals surface area contributed by atoms with E-state index in [1.54, 1.807) is 0 Å². The Morgan fingerprint density at radius 3 is 2.94 bits per heavy atom. The van der Waals surface area contributed by atoms with Gasteiger partial charge >= 0.3 is 0 Å². The lowest BCUT2D eigenvalue weighted by atomic mass is 10.0. The van der Waals surface area contributed by atoms with E-state index < -0.39 is 0 Å².